The van der Waals surface area contributed by atoms with Gasteiger partial charge >= 0.3 is 0 Å². The van der Waals surface area contributed by atoms with Gasteiger partial charge in [-0.1, -0.05) is 31.9 Å². The number of nitrogens with zero attached hydrogens (tertiary/aromatic N) is 1. The first-order chi connectivity index (χ1) is 6.68. The average Bonchev–Trinajstić information content (AvgIpc) is 2.56. The van der Waals surface area contributed by atoms with E-state index in [2.05, 4.69) is 48.6 Å². The van der Waals surface area contributed by atoms with Gasteiger partial charge in [0.05, 0.1) is 0 Å². The standard InChI is InChI=1S/C11H9Br2N/c1-14-6-2-3-11(14)9-7-8(12)4-5-10(9)13/h2-7H,1H3. The van der Waals surface area contributed by atoms with E-state index < -0.39 is 0 Å². The minimum absolute atomic E-state index is 1.09. The minimum Gasteiger partial charge on any atom is -0.351 e. The van der Waals surface area contributed by atoms with E-state index in [0.717, 1.165) is 8.95 Å². The summed E-state index contributed by atoms with van der Waals surface area (Å²) in [5.74, 6) is 0. The summed E-state index contributed by atoms with van der Waals surface area (Å²) >= 11 is 7.03. The highest BCUT2D eigenvalue weighted by Gasteiger charge is 2.05. The molecule has 1 aromatic carbocycles. The van der Waals surface area contributed by atoms with E-state index in [0.29, 0.717) is 0 Å². The molecule has 0 amide bonds. The molecule has 0 fully saturated rings. The lowest BCUT2D eigenvalue weighted by molar-refractivity contribution is 0.936. The fourth-order valence-electron chi connectivity index (χ4n) is 1.43. The quantitative estimate of drug-likeness (QED) is 0.743. The summed E-state index contributed by atoms with van der Waals surface area (Å²) in [6.45, 7) is 0. The Hall–Kier alpha value is -0.540. The molecule has 0 radical (unpaired) electrons. The number of hydrogen-bond donors (Lipinski definition) is 0. The first-order valence-electron chi connectivity index (χ1n) is 4.25. The van der Waals surface area contributed by atoms with Crippen LogP contribution in [0.15, 0.2) is 45.5 Å². The van der Waals surface area contributed by atoms with Gasteiger partial charge in [-0.15, -0.1) is 0 Å². The van der Waals surface area contributed by atoms with E-state index in [4.69, 9.17) is 0 Å². The van der Waals surface area contributed by atoms with E-state index in [1.807, 2.05) is 31.4 Å². The SMILES string of the molecule is Cn1cccc1-c1cc(Br)ccc1Br. The van der Waals surface area contributed by atoms with Gasteiger partial charge in [-0.25, -0.2) is 0 Å². The third kappa shape index (κ3) is 1.79. The first-order valence-corrected chi connectivity index (χ1v) is 5.84. The zero-order valence-electron chi connectivity index (χ0n) is 7.67. The molecule has 2 aromatic rings. The molecule has 3 heteroatoms. The molecule has 0 saturated carbocycles. The van der Waals surface area contributed by atoms with Gasteiger partial charge in [0.15, 0.2) is 0 Å². The number of aryl methyl sites for hydroxylation is 1. The van der Waals surface area contributed by atoms with Crippen molar-refractivity contribution in [2.45, 2.75) is 0 Å². The second kappa shape index (κ2) is 3.91. The second-order valence-corrected chi connectivity index (χ2v) is 4.90. The predicted molar refractivity (Wildman–Crippen MR) is 66.2 cm³/mol. The first kappa shape index (κ1) is 9.99. The summed E-state index contributed by atoms with van der Waals surface area (Å²) in [6.07, 6.45) is 2.04. The number of benzene rings is 1. The molecule has 0 aliphatic rings. The summed E-state index contributed by atoms with van der Waals surface area (Å²) in [5.41, 5.74) is 2.41. The Morgan fingerprint density at radius 1 is 1.14 bits per heavy atom. The molecule has 0 N–H and O–H groups in total. The van der Waals surface area contributed by atoms with Gasteiger partial charge in [0.25, 0.3) is 0 Å². The van der Waals surface area contributed by atoms with Gasteiger partial charge in [-0.2, -0.15) is 0 Å². The van der Waals surface area contributed by atoms with Gasteiger partial charge in [-0.3, -0.25) is 0 Å². The predicted octanol–water partition coefficient (Wildman–Crippen LogP) is 4.22. The van der Waals surface area contributed by atoms with Gasteiger partial charge in [0.1, 0.15) is 0 Å². The Labute approximate surface area is 100 Å². The van der Waals surface area contributed by atoms with E-state index in [1.165, 1.54) is 11.3 Å². The highest BCUT2D eigenvalue weighted by molar-refractivity contribution is 9.11. The van der Waals surface area contributed by atoms with Crippen LogP contribution in [0.3, 0.4) is 0 Å². The van der Waals surface area contributed by atoms with Crippen LogP contribution in [0.25, 0.3) is 11.3 Å². The van der Waals surface area contributed by atoms with Gasteiger partial charge < -0.3 is 4.57 Å². The Morgan fingerprint density at radius 2 is 1.93 bits per heavy atom. The molecule has 0 aliphatic carbocycles. The van der Waals surface area contributed by atoms with Crippen molar-refractivity contribution in [3.05, 3.63) is 45.5 Å². The maximum atomic E-state index is 3.55. The zero-order valence-corrected chi connectivity index (χ0v) is 10.8. The van der Waals surface area contributed by atoms with Gasteiger partial charge in [0.2, 0.25) is 0 Å². The molecule has 0 atom stereocenters. The molecule has 0 unspecified atom stereocenters. The lowest BCUT2D eigenvalue weighted by atomic mass is 10.1. The number of hydrogen-bond acceptors (Lipinski definition) is 0. The summed E-state index contributed by atoms with van der Waals surface area (Å²) in [6, 6.07) is 10.3. The highest BCUT2D eigenvalue weighted by atomic mass is 79.9. The fourth-order valence-corrected chi connectivity index (χ4v) is 2.25. The summed E-state index contributed by atoms with van der Waals surface area (Å²) in [7, 11) is 2.04. The Balaban J connectivity index is 2.62. The maximum absolute atomic E-state index is 3.55. The largest absolute Gasteiger partial charge is 0.351 e. The van der Waals surface area contributed by atoms with Crippen LogP contribution in [-0.2, 0) is 7.05 Å². The smallest absolute Gasteiger partial charge is 0.0489 e. The maximum Gasteiger partial charge on any atom is 0.0489 e. The monoisotopic (exact) mass is 313 g/mol. The van der Waals surface area contributed by atoms with Crippen molar-refractivity contribution in [1.82, 2.24) is 4.57 Å². The molecule has 72 valence electrons. The van der Waals surface area contributed by atoms with Crippen LogP contribution in [0, 0.1) is 0 Å². The van der Waals surface area contributed by atoms with Crippen LogP contribution >= 0.6 is 31.9 Å². The van der Waals surface area contributed by atoms with Crippen LogP contribution < -0.4 is 0 Å². The second-order valence-electron chi connectivity index (χ2n) is 3.13. The Kier molecular flexibility index (Phi) is 2.79. The molecule has 14 heavy (non-hydrogen) atoms. The van der Waals surface area contributed by atoms with Crippen molar-refractivity contribution >= 4 is 31.9 Å². The van der Waals surface area contributed by atoms with Crippen LogP contribution in [0.5, 0.6) is 0 Å². The number of halogens is 2. The lowest BCUT2D eigenvalue weighted by Crippen LogP contribution is -1.89. The van der Waals surface area contributed by atoms with E-state index in [9.17, 15) is 0 Å². The molecular weight excluding hydrogens is 306 g/mol. The summed E-state index contributed by atoms with van der Waals surface area (Å²) < 4.78 is 4.31. The van der Waals surface area contributed by atoms with Crippen molar-refractivity contribution in [3.63, 3.8) is 0 Å². The molecule has 1 aromatic heterocycles. The van der Waals surface area contributed by atoms with Crippen LogP contribution in [0.4, 0.5) is 0 Å². The van der Waals surface area contributed by atoms with E-state index >= 15 is 0 Å². The van der Waals surface area contributed by atoms with E-state index in [-0.39, 0.29) is 0 Å². The van der Waals surface area contributed by atoms with Crippen LogP contribution in [0.1, 0.15) is 0 Å². The van der Waals surface area contributed by atoms with Gasteiger partial charge in [-0.05, 0) is 30.3 Å². The van der Waals surface area contributed by atoms with Crippen molar-refractivity contribution in [1.29, 1.82) is 0 Å². The fraction of sp³-hybridized carbons (Fsp3) is 0.0909. The molecule has 0 saturated heterocycles. The third-order valence-corrected chi connectivity index (χ3v) is 3.33. The minimum atomic E-state index is 1.09. The van der Waals surface area contributed by atoms with Crippen LogP contribution in [0.2, 0.25) is 0 Å². The van der Waals surface area contributed by atoms with Crippen molar-refractivity contribution < 1.29 is 0 Å². The van der Waals surface area contributed by atoms with Crippen molar-refractivity contribution in [2.24, 2.45) is 7.05 Å². The molecule has 1 nitrogen and oxygen atoms in total. The van der Waals surface area contributed by atoms with Crippen molar-refractivity contribution in [3.8, 4) is 11.3 Å². The third-order valence-electron chi connectivity index (χ3n) is 2.15. The average molecular weight is 315 g/mol. The normalized spacial score (nSPS) is 10.5. The number of aromatic nitrogens is 1. The molecular formula is C11H9Br2N. The Morgan fingerprint density at radius 3 is 2.57 bits per heavy atom. The molecule has 0 spiro atoms. The summed E-state index contributed by atoms with van der Waals surface area (Å²) in [4.78, 5) is 0. The van der Waals surface area contributed by atoms with E-state index in [1.54, 1.807) is 0 Å². The Bertz CT molecular complexity index is 460. The van der Waals surface area contributed by atoms with Crippen molar-refractivity contribution in [2.75, 3.05) is 0 Å². The highest BCUT2D eigenvalue weighted by Crippen LogP contribution is 2.30. The zero-order chi connectivity index (χ0) is 10.1. The lowest BCUT2D eigenvalue weighted by Gasteiger charge is -2.06. The number of rotatable bonds is 1. The molecule has 0 aliphatic heterocycles. The molecule has 0 bridgehead atoms. The molecule has 2 rings (SSSR count). The van der Waals surface area contributed by atoms with Gasteiger partial charge in [0, 0.05) is 33.4 Å². The topological polar surface area (TPSA) is 4.93 Å². The molecule has 1 heterocycles. The summed E-state index contributed by atoms with van der Waals surface area (Å²) in [5, 5.41) is 0. The van der Waals surface area contributed by atoms with Crippen LogP contribution in [-0.4, -0.2) is 4.57 Å².